The lowest BCUT2D eigenvalue weighted by Gasteiger charge is -2.17. The number of nitrogens with zero attached hydrogens (tertiary/aromatic N) is 2. The van der Waals surface area contributed by atoms with E-state index in [0.717, 1.165) is 5.82 Å². The number of aromatic nitrogens is 2. The minimum Gasteiger partial charge on any atom is -0.347 e. The number of carbonyl (C=O) groups excluding carboxylic acids is 1. The summed E-state index contributed by atoms with van der Waals surface area (Å²) in [5.41, 5.74) is 5.44. The van der Waals surface area contributed by atoms with Crippen LogP contribution in [0, 0.1) is 0 Å². The molecule has 5 heteroatoms. The third-order valence-corrected chi connectivity index (χ3v) is 1.71. The van der Waals surface area contributed by atoms with Gasteiger partial charge in [-0.25, -0.2) is 4.98 Å². The van der Waals surface area contributed by atoms with Gasteiger partial charge < -0.3 is 15.6 Å². The second-order valence-corrected chi connectivity index (χ2v) is 3.02. The van der Waals surface area contributed by atoms with Crippen molar-refractivity contribution >= 4 is 5.91 Å². The first-order valence-electron chi connectivity index (χ1n) is 4.10. The number of imidazole rings is 1. The van der Waals surface area contributed by atoms with Crippen LogP contribution in [0.4, 0.5) is 0 Å². The van der Waals surface area contributed by atoms with Gasteiger partial charge in [0.1, 0.15) is 5.82 Å². The molecule has 1 amide bonds. The van der Waals surface area contributed by atoms with Crippen LogP contribution >= 0.6 is 0 Å². The molecular weight excluding hydrogens is 168 g/mol. The van der Waals surface area contributed by atoms with Crippen LogP contribution in [-0.2, 0) is 11.3 Å². The molecule has 5 nitrogen and oxygen atoms in total. The quantitative estimate of drug-likeness (QED) is 0.674. The fraction of sp³-hybridized carbons (Fsp3) is 0.500. The van der Waals surface area contributed by atoms with E-state index in [0.29, 0.717) is 6.54 Å². The predicted molar refractivity (Wildman–Crippen MR) is 48.7 cm³/mol. The van der Waals surface area contributed by atoms with Gasteiger partial charge in [0.05, 0.1) is 12.6 Å². The summed E-state index contributed by atoms with van der Waals surface area (Å²) in [6.45, 7) is 2.13. The minimum absolute atomic E-state index is 0.0867. The molecule has 0 radical (unpaired) electrons. The first kappa shape index (κ1) is 9.73. The summed E-state index contributed by atoms with van der Waals surface area (Å²) < 4.78 is 0. The smallest absolute Gasteiger partial charge is 0.239 e. The Balaban J connectivity index is 2.51. The molecule has 0 aliphatic heterocycles. The van der Waals surface area contributed by atoms with Crippen molar-refractivity contribution in [2.45, 2.75) is 19.5 Å². The van der Waals surface area contributed by atoms with Crippen LogP contribution < -0.4 is 5.73 Å². The molecule has 0 spiro atoms. The van der Waals surface area contributed by atoms with Crippen molar-refractivity contribution in [3.8, 4) is 0 Å². The largest absolute Gasteiger partial charge is 0.347 e. The van der Waals surface area contributed by atoms with E-state index < -0.39 is 6.04 Å². The highest BCUT2D eigenvalue weighted by Crippen LogP contribution is 1.97. The lowest BCUT2D eigenvalue weighted by Crippen LogP contribution is -2.39. The van der Waals surface area contributed by atoms with E-state index in [1.54, 1.807) is 31.3 Å². The number of amides is 1. The van der Waals surface area contributed by atoms with Gasteiger partial charge in [-0.1, -0.05) is 0 Å². The number of carbonyl (C=O) groups is 1. The van der Waals surface area contributed by atoms with Crippen molar-refractivity contribution in [1.82, 2.24) is 14.9 Å². The number of nitrogens with one attached hydrogen (secondary N) is 1. The van der Waals surface area contributed by atoms with Crippen molar-refractivity contribution in [2.24, 2.45) is 5.73 Å². The van der Waals surface area contributed by atoms with Crippen LogP contribution in [0.15, 0.2) is 12.4 Å². The summed E-state index contributed by atoms with van der Waals surface area (Å²) in [5, 5.41) is 0. The van der Waals surface area contributed by atoms with Crippen molar-refractivity contribution in [2.75, 3.05) is 7.05 Å². The fourth-order valence-electron chi connectivity index (χ4n) is 1.03. The number of likely N-dealkylation sites (N-methyl/N-ethyl adjacent to an activating group) is 1. The van der Waals surface area contributed by atoms with Gasteiger partial charge >= 0.3 is 0 Å². The number of nitrogens with two attached hydrogens (primary N) is 1. The summed E-state index contributed by atoms with van der Waals surface area (Å²) in [7, 11) is 1.70. The van der Waals surface area contributed by atoms with E-state index in [1.165, 1.54) is 0 Å². The molecule has 1 atom stereocenters. The SMILES string of the molecule is CC(N)C(=O)N(C)Cc1ncc[nH]1. The van der Waals surface area contributed by atoms with Gasteiger partial charge in [0.25, 0.3) is 0 Å². The highest BCUT2D eigenvalue weighted by molar-refractivity contribution is 5.80. The Labute approximate surface area is 76.9 Å². The lowest BCUT2D eigenvalue weighted by molar-refractivity contribution is -0.131. The Morgan fingerprint density at radius 2 is 2.54 bits per heavy atom. The first-order valence-corrected chi connectivity index (χ1v) is 4.10. The second-order valence-electron chi connectivity index (χ2n) is 3.02. The third-order valence-electron chi connectivity index (χ3n) is 1.71. The molecule has 72 valence electrons. The molecule has 0 saturated heterocycles. The summed E-state index contributed by atoms with van der Waals surface area (Å²) >= 11 is 0. The lowest BCUT2D eigenvalue weighted by atomic mass is 10.3. The Morgan fingerprint density at radius 1 is 1.85 bits per heavy atom. The van der Waals surface area contributed by atoms with Crippen LogP contribution in [0.25, 0.3) is 0 Å². The zero-order chi connectivity index (χ0) is 9.84. The molecule has 0 aromatic carbocycles. The van der Waals surface area contributed by atoms with Gasteiger partial charge in [0.2, 0.25) is 5.91 Å². The topological polar surface area (TPSA) is 75.0 Å². The molecular formula is C8H14N4O. The van der Waals surface area contributed by atoms with Crippen LogP contribution in [0.5, 0.6) is 0 Å². The summed E-state index contributed by atoms with van der Waals surface area (Å²) in [6, 6.07) is -0.458. The fourth-order valence-corrected chi connectivity index (χ4v) is 1.03. The van der Waals surface area contributed by atoms with Crippen LogP contribution in [0.2, 0.25) is 0 Å². The maximum atomic E-state index is 11.3. The van der Waals surface area contributed by atoms with Gasteiger partial charge in [-0.3, -0.25) is 4.79 Å². The summed E-state index contributed by atoms with van der Waals surface area (Å²) in [4.78, 5) is 19.8. The van der Waals surface area contributed by atoms with E-state index in [1.807, 2.05) is 0 Å². The zero-order valence-electron chi connectivity index (χ0n) is 7.82. The van der Waals surface area contributed by atoms with E-state index in [2.05, 4.69) is 9.97 Å². The minimum atomic E-state index is -0.458. The molecule has 0 saturated carbocycles. The number of hydrogen-bond donors (Lipinski definition) is 2. The van der Waals surface area contributed by atoms with E-state index in [-0.39, 0.29) is 5.91 Å². The molecule has 13 heavy (non-hydrogen) atoms. The zero-order valence-corrected chi connectivity index (χ0v) is 7.82. The van der Waals surface area contributed by atoms with Gasteiger partial charge in [-0.05, 0) is 6.92 Å². The van der Waals surface area contributed by atoms with Gasteiger partial charge in [0, 0.05) is 19.4 Å². The molecule has 3 N–H and O–H groups in total. The predicted octanol–water partition coefficient (Wildman–Crippen LogP) is -0.285. The molecule has 1 aromatic rings. The molecule has 1 rings (SSSR count). The average Bonchev–Trinajstić information content (AvgIpc) is 2.55. The molecule has 1 aromatic heterocycles. The second kappa shape index (κ2) is 4.04. The van der Waals surface area contributed by atoms with Crippen molar-refractivity contribution in [1.29, 1.82) is 0 Å². The van der Waals surface area contributed by atoms with Crippen LogP contribution in [-0.4, -0.2) is 33.9 Å². The van der Waals surface area contributed by atoms with E-state index in [9.17, 15) is 4.79 Å². The monoisotopic (exact) mass is 182 g/mol. The number of H-pyrrole nitrogens is 1. The number of hydrogen-bond acceptors (Lipinski definition) is 3. The number of aromatic amines is 1. The van der Waals surface area contributed by atoms with Crippen molar-refractivity contribution < 1.29 is 4.79 Å². The average molecular weight is 182 g/mol. The normalized spacial score (nSPS) is 12.5. The maximum absolute atomic E-state index is 11.3. The Morgan fingerprint density at radius 3 is 3.00 bits per heavy atom. The molecule has 0 aliphatic rings. The van der Waals surface area contributed by atoms with Crippen LogP contribution in [0.1, 0.15) is 12.7 Å². The third kappa shape index (κ3) is 2.55. The van der Waals surface area contributed by atoms with Gasteiger partial charge in [0.15, 0.2) is 0 Å². The Kier molecular flexibility index (Phi) is 3.02. The summed E-state index contributed by atoms with van der Waals surface area (Å²) in [5.74, 6) is 0.674. The molecule has 0 aliphatic carbocycles. The highest BCUT2D eigenvalue weighted by atomic mass is 16.2. The first-order chi connectivity index (χ1) is 6.11. The Hall–Kier alpha value is -1.36. The molecule has 0 bridgehead atoms. The Bertz CT molecular complexity index is 268. The summed E-state index contributed by atoms with van der Waals surface area (Å²) in [6.07, 6.45) is 3.37. The molecule has 1 heterocycles. The molecule has 0 fully saturated rings. The van der Waals surface area contributed by atoms with Crippen LogP contribution in [0.3, 0.4) is 0 Å². The maximum Gasteiger partial charge on any atom is 0.239 e. The number of rotatable bonds is 3. The van der Waals surface area contributed by atoms with E-state index in [4.69, 9.17) is 5.73 Å². The molecule has 1 unspecified atom stereocenters. The van der Waals surface area contributed by atoms with Gasteiger partial charge in [-0.2, -0.15) is 0 Å². The van der Waals surface area contributed by atoms with Crippen molar-refractivity contribution in [3.05, 3.63) is 18.2 Å². The van der Waals surface area contributed by atoms with Crippen molar-refractivity contribution in [3.63, 3.8) is 0 Å². The van der Waals surface area contributed by atoms with Gasteiger partial charge in [-0.15, -0.1) is 0 Å². The highest BCUT2D eigenvalue weighted by Gasteiger charge is 2.13. The van der Waals surface area contributed by atoms with E-state index >= 15 is 0 Å². The standard InChI is InChI=1S/C8H14N4O/c1-6(9)8(13)12(2)5-7-10-3-4-11-7/h3-4,6H,5,9H2,1-2H3,(H,10,11).